The monoisotopic (exact) mass is 180 g/mol. The second-order valence-corrected chi connectivity index (χ2v) is 3.81. The Balaban J connectivity index is 2.78. The largest absolute Gasteiger partial charge is 0.273 e. The lowest BCUT2D eigenvalue weighted by atomic mass is 9.82. The fourth-order valence-electron chi connectivity index (χ4n) is 2.17. The minimum absolute atomic E-state index is 0.00926. The van der Waals surface area contributed by atoms with E-state index in [1.165, 1.54) is 4.90 Å². The first-order valence-corrected chi connectivity index (χ1v) is 4.84. The van der Waals surface area contributed by atoms with Crippen molar-refractivity contribution in [3.8, 4) is 6.19 Å². The van der Waals surface area contributed by atoms with Crippen molar-refractivity contribution < 1.29 is 4.79 Å². The number of carbonyl (C=O) groups excluding carboxylic acids is 1. The summed E-state index contributed by atoms with van der Waals surface area (Å²) in [4.78, 5) is 13.0. The number of amides is 1. The molecule has 1 saturated carbocycles. The van der Waals surface area contributed by atoms with E-state index >= 15 is 0 Å². The van der Waals surface area contributed by atoms with Crippen LogP contribution < -0.4 is 0 Å². The van der Waals surface area contributed by atoms with Crippen LogP contribution in [0, 0.1) is 16.9 Å². The first kappa shape index (κ1) is 10.0. The maximum absolute atomic E-state index is 11.8. The average Bonchev–Trinajstić information content (AvgIpc) is 2.65. The van der Waals surface area contributed by atoms with Gasteiger partial charge in [-0.2, -0.15) is 5.26 Å². The van der Waals surface area contributed by atoms with Crippen LogP contribution in [0.4, 0.5) is 0 Å². The Labute approximate surface area is 79.3 Å². The highest BCUT2D eigenvalue weighted by atomic mass is 16.2. The van der Waals surface area contributed by atoms with Crippen LogP contribution >= 0.6 is 0 Å². The summed E-state index contributed by atoms with van der Waals surface area (Å²) in [7, 11) is 1.55. The fourth-order valence-corrected chi connectivity index (χ4v) is 2.17. The molecule has 1 rings (SSSR count). The molecule has 0 bridgehead atoms. The third kappa shape index (κ3) is 1.67. The number of rotatable bonds is 2. The normalized spacial score (nSPS) is 19.5. The van der Waals surface area contributed by atoms with E-state index in [1.807, 2.05) is 13.1 Å². The molecule has 0 saturated heterocycles. The van der Waals surface area contributed by atoms with E-state index in [1.54, 1.807) is 7.05 Å². The van der Waals surface area contributed by atoms with Crippen molar-refractivity contribution in [2.24, 2.45) is 5.41 Å². The summed E-state index contributed by atoms with van der Waals surface area (Å²) in [5, 5.41) is 8.63. The molecule has 0 unspecified atom stereocenters. The lowest BCUT2D eigenvalue weighted by molar-refractivity contribution is -0.137. The lowest BCUT2D eigenvalue weighted by Gasteiger charge is -2.27. The third-order valence-corrected chi connectivity index (χ3v) is 3.15. The van der Waals surface area contributed by atoms with Crippen LogP contribution in [0.5, 0.6) is 0 Å². The van der Waals surface area contributed by atoms with Gasteiger partial charge in [0.25, 0.3) is 0 Å². The molecule has 1 aliphatic rings. The third-order valence-electron chi connectivity index (χ3n) is 3.15. The van der Waals surface area contributed by atoms with Crippen molar-refractivity contribution in [2.75, 3.05) is 7.05 Å². The van der Waals surface area contributed by atoms with Gasteiger partial charge in [-0.1, -0.05) is 19.8 Å². The highest BCUT2D eigenvalue weighted by molar-refractivity contribution is 5.84. The van der Waals surface area contributed by atoms with Gasteiger partial charge in [-0.05, 0) is 19.3 Å². The Morgan fingerprint density at radius 3 is 2.46 bits per heavy atom. The van der Waals surface area contributed by atoms with Crippen molar-refractivity contribution in [3.63, 3.8) is 0 Å². The molecule has 0 radical (unpaired) electrons. The van der Waals surface area contributed by atoms with Gasteiger partial charge in [-0.3, -0.25) is 9.69 Å². The molecule has 3 heteroatoms. The molecule has 1 amide bonds. The molecule has 0 aromatic heterocycles. The van der Waals surface area contributed by atoms with Crippen molar-refractivity contribution in [3.05, 3.63) is 0 Å². The second-order valence-electron chi connectivity index (χ2n) is 3.81. The zero-order valence-electron chi connectivity index (χ0n) is 8.34. The number of hydrogen-bond donors (Lipinski definition) is 0. The summed E-state index contributed by atoms with van der Waals surface area (Å²) in [5.41, 5.74) is -0.218. The van der Waals surface area contributed by atoms with E-state index in [-0.39, 0.29) is 11.3 Å². The van der Waals surface area contributed by atoms with Gasteiger partial charge in [-0.25, -0.2) is 0 Å². The number of nitrogens with zero attached hydrogens (tertiary/aromatic N) is 2. The molecule has 0 spiro atoms. The smallest absolute Gasteiger partial charge is 0.241 e. The van der Waals surface area contributed by atoms with Crippen molar-refractivity contribution in [1.82, 2.24) is 4.90 Å². The Morgan fingerprint density at radius 1 is 1.54 bits per heavy atom. The molecule has 1 aliphatic carbocycles. The van der Waals surface area contributed by atoms with Crippen molar-refractivity contribution in [1.29, 1.82) is 5.26 Å². The molecule has 0 aromatic carbocycles. The Morgan fingerprint density at radius 2 is 2.08 bits per heavy atom. The molecule has 0 aliphatic heterocycles. The minimum Gasteiger partial charge on any atom is -0.273 e. The molecule has 13 heavy (non-hydrogen) atoms. The fraction of sp³-hybridized carbons (Fsp3) is 0.800. The quantitative estimate of drug-likeness (QED) is 0.481. The standard InChI is InChI=1S/C10H16N2O/c1-3-10(6-4-5-7-10)9(13)12(2)8-11/h3-7H2,1-2H3. The first-order chi connectivity index (χ1) is 6.16. The number of nitriles is 1. The van der Waals surface area contributed by atoms with Gasteiger partial charge in [0.2, 0.25) is 5.91 Å². The van der Waals surface area contributed by atoms with Crippen LogP contribution in [0.15, 0.2) is 0 Å². The Kier molecular flexibility index (Phi) is 2.92. The van der Waals surface area contributed by atoms with E-state index in [0.29, 0.717) is 0 Å². The van der Waals surface area contributed by atoms with E-state index in [9.17, 15) is 4.79 Å². The predicted octanol–water partition coefficient (Wildman–Crippen LogP) is 1.90. The molecular weight excluding hydrogens is 164 g/mol. The maximum atomic E-state index is 11.8. The van der Waals surface area contributed by atoms with E-state index < -0.39 is 0 Å². The van der Waals surface area contributed by atoms with E-state index in [2.05, 4.69) is 0 Å². The minimum atomic E-state index is -0.218. The molecule has 0 N–H and O–H groups in total. The average molecular weight is 180 g/mol. The van der Waals surface area contributed by atoms with Crippen LogP contribution in [0.2, 0.25) is 0 Å². The summed E-state index contributed by atoms with van der Waals surface area (Å²) in [6.07, 6.45) is 6.90. The SMILES string of the molecule is CCC1(C(=O)N(C)C#N)CCCC1. The Hall–Kier alpha value is -1.04. The highest BCUT2D eigenvalue weighted by Gasteiger charge is 2.41. The lowest BCUT2D eigenvalue weighted by Crippen LogP contribution is -2.37. The van der Waals surface area contributed by atoms with E-state index in [0.717, 1.165) is 32.1 Å². The maximum Gasteiger partial charge on any atom is 0.241 e. The summed E-state index contributed by atoms with van der Waals surface area (Å²) in [6, 6.07) is 0. The van der Waals surface area contributed by atoms with Crippen LogP contribution in [-0.2, 0) is 4.79 Å². The molecule has 0 atom stereocenters. The van der Waals surface area contributed by atoms with Gasteiger partial charge < -0.3 is 0 Å². The zero-order valence-corrected chi connectivity index (χ0v) is 8.34. The number of carbonyl (C=O) groups is 1. The van der Waals surface area contributed by atoms with Gasteiger partial charge in [-0.15, -0.1) is 0 Å². The summed E-state index contributed by atoms with van der Waals surface area (Å²) < 4.78 is 0. The molecule has 72 valence electrons. The van der Waals surface area contributed by atoms with Gasteiger partial charge in [0.15, 0.2) is 6.19 Å². The molecule has 3 nitrogen and oxygen atoms in total. The van der Waals surface area contributed by atoms with E-state index in [4.69, 9.17) is 5.26 Å². The Bertz CT molecular complexity index is 236. The van der Waals surface area contributed by atoms with Gasteiger partial charge in [0.1, 0.15) is 0 Å². The summed E-state index contributed by atoms with van der Waals surface area (Å²) in [5.74, 6) is 0.00926. The van der Waals surface area contributed by atoms with Crippen LogP contribution in [0.3, 0.4) is 0 Å². The summed E-state index contributed by atoms with van der Waals surface area (Å²) >= 11 is 0. The topological polar surface area (TPSA) is 44.1 Å². The van der Waals surface area contributed by atoms with Gasteiger partial charge >= 0.3 is 0 Å². The molecular formula is C10H16N2O. The van der Waals surface area contributed by atoms with Crippen LogP contribution in [-0.4, -0.2) is 17.9 Å². The van der Waals surface area contributed by atoms with Crippen LogP contribution in [0.1, 0.15) is 39.0 Å². The molecule has 1 fully saturated rings. The second kappa shape index (κ2) is 3.78. The van der Waals surface area contributed by atoms with Gasteiger partial charge in [0, 0.05) is 7.05 Å². The highest BCUT2D eigenvalue weighted by Crippen LogP contribution is 2.42. The molecule has 0 aromatic rings. The summed E-state index contributed by atoms with van der Waals surface area (Å²) in [6.45, 7) is 2.04. The van der Waals surface area contributed by atoms with Gasteiger partial charge in [0.05, 0.1) is 5.41 Å². The molecule has 0 heterocycles. The number of hydrogen-bond acceptors (Lipinski definition) is 2. The first-order valence-electron chi connectivity index (χ1n) is 4.84. The van der Waals surface area contributed by atoms with Crippen molar-refractivity contribution >= 4 is 5.91 Å². The zero-order chi connectivity index (χ0) is 9.90. The van der Waals surface area contributed by atoms with Crippen LogP contribution in [0.25, 0.3) is 0 Å². The van der Waals surface area contributed by atoms with Crippen molar-refractivity contribution in [2.45, 2.75) is 39.0 Å². The predicted molar refractivity (Wildman–Crippen MR) is 49.6 cm³/mol.